The highest BCUT2D eigenvalue weighted by atomic mass is 16.5. The molecular formula is C8H8N2O2. The van der Waals surface area contributed by atoms with Gasteiger partial charge < -0.3 is 8.94 Å². The summed E-state index contributed by atoms with van der Waals surface area (Å²) in [5.41, 5.74) is 1.46. The summed E-state index contributed by atoms with van der Waals surface area (Å²) in [7, 11) is 0. The molecule has 0 aliphatic carbocycles. The van der Waals surface area contributed by atoms with Gasteiger partial charge in [0.05, 0.1) is 0 Å². The van der Waals surface area contributed by atoms with Gasteiger partial charge in [-0.2, -0.15) is 0 Å². The van der Waals surface area contributed by atoms with E-state index in [0.717, 1.165) is 11.5 Å². The first-order valence-electron chi connectivity index (χ1n) is 3.62. The Hall–Kier alpha value is -1.58. The van der Waals surface area contributed by atoms with E-state index < -0.39 is 0 Å². The Bertz CT molecular complexity index is 376. The second-order valence-electron chi connectivity index (χ2n) is 2.52. The molecule has 0 aliphatic heterocycles. The Kier molecular flexibility index (Phi) is 1.46. The monoisotopic (exact) mass is 164 g/mol. The van der Waals surface area contributed by atoms with Crippen molar-refractivity contribution in [2.75, 3.05) is 0 Å². The summed E-state index contributed by atoms with van der Waals surface area (Å²) in [5.74, 6) is 1.41. The standard InChI is InChI=1S/C8H8N2O2/c1-5-8(9-6(2)12-5)7-3-4-11-10-7/h3-4H,1-2H3. The van der Waals surface area contributed by atoms with E-state index in [2.05, 4.69) is 10.1 Å². The summed E-state index contributed by atoms with van der Waals surface area (Å²) >= 11 is 0. The summed E-state index contributed by atoms with van der Waals surface area (Å²) in [5, 5.41) is 3.76. The van der Waals surface area contributed by atoms with E-state index in [1.165, 1.54) is 6.26 Å². The highest BCUT2D eigenvalue weighted by Crippen LogP contribution is 2.20. The molecule has 2 aromatic heterocycles. The van der Waals surface area contributed by atoms with Gasteiger partial charge in [-0.1, -0.05) is 5.16 Å². The zero-order valence-electron chi connectivity index (χ0n) is 6.87. The average molecular weight is 164 g/mol. The van der Waals surface area contributed by atoms with E-state index in [1.807, 2.05) is 6.92 Å². The van der Waals surface area contributed by atoms with Crippen LogP contribution in [0.4, 0.5) is 0 Å². The van der Waals surface area contributed by atoms with E-state index in [1.54, 1.807) is 13.0 Å². The molecule has 0 radical (unpaired) electrons. The largest absolute Gasteiger partial charge is 0.446 e. The molecule has 0 atom stereocenters. The van der Waals surface area contributed by atoms with Crippen LogP contribution in [0.15, 0.2) is 21.3 Å². The van der Waals surface area contributed by atoms with Gasteiger partial charge in [-0.3, -0.25) is 0 Å². The SMILES string of the molecule is Cc1nc(-c2ccon2)c(C)o1. The number of hydrogen-bond acceptors (Lipinski definition) is 4. The maximum atomic E-state index is 5.25. The Morgan fingerprint density at radius 3 is 2.67 bits per heavy atom. The van der Waals surface area contributed by atoms with E-state index in [0.29, 0.717) is 11.6 Å². The van der Waals surface area contributed by atoms with Crippen molar-refractivity contribution in [3.8, 4) is 11.4 Å². The van der Waals surface area contributed by atoms with Gasteiger partial charge in [-0.05, 0) is 6.92 Å². The Morgan fingerprint density at radius 2 is 2.17 bits per heavy atom. The lowest BCUT2D eigenvalue weighted by Crippen LogP contribution is -1.79. The van der Waals surface area contributed by atoms with Gasteiger partial charge in [0.2, 0.25) is 0 Å². The molecule has 4 heteroatoms. The molecular weight excluding hydrogens is 156 g/mol. The zero-order chi connectivity index (χ0) is 8.55. The number of oxazole rings is 1. The van der Waals surface area contributed by atoms with Crippen molar-refractivity contribution < 1.29 is 8.94 Å². The summed E-state index contributed by atoms with van der Waals surface area (Å²) in [4.78, 5) is 4.16. The minimum absolute atomic E-state index is 0.644. The molecule has 0 saturated heterocycles. The van der Waals surface area contributed by atoms with Crippen LogP contribution in [0.2, 0.25) is 0 Å². The van der Waals surface area contributed by atoms with Gasteiger partial charge in [0.15, 0.2) is 5.89 Å². The summed E-state index contributed by atoms with van der Waals surface area (Å²) in [6, 6.07) is 1.75. The first kappa shape index (κ1) is 7.09. The van der Waals surface area contributed by atoms with E-state index in [4.69, 9.17) is 8.94 Å². The molecule has 2 heterocycles. The highest BCUT2D eigenvalue weighted by molar-refractivity contribution is 5.54. The lowest BCUT2D eigenvalue weighted by molar-refractivity contribution is 0.422. The number of rotatable bonds is 1. The molecule has 4 nitrogen and oxygen atoms in total. The maximum Gasteiger partial charge on any atom is 0.191 e. The van der Waals surface area contributed by atoms with Crippen LogP contribution in [0.25, 0.3) is 11.4 Å². The van der Waals surface area contributed by atoms with Gasteiger partial charge in [0, 0.05) is 13.0 Å². The molecule has 2 aromatic rings. The van der Waals surface area contributed by atoms with Crippen LogP contribution in [0.5, 0.6) is 0 Å². The summed E-state index contributed by atoms with van der Waals surface area (Å²) < 4.78 is 9.95. The Balaban J connectivity index is 2.54. The topological polar surface area (TPSA) is 52.1 Å². The van der Waals surface area contributed by atoms with Crippen molar-refractivity contribution >= 4 is 0 Å². The van der Waals surface area contributed by atoms with Crippen LogP contribution in [0.3, 0.4) is 0 Å². The third kappa shape index (κ3) is 1.01. The maximum absolute atomic E-state index is 5.25. The fourth-order valence-electron chi connectivity index (χ4n) is 1.10. The van der Waals surface area contributed by atoms with Gasteiger partial charge >= 0.3 is 0 Å². The van der Waals surface area contributed by atoms with Gasteiger partial charge in [-0.15, -0.1) is 0 Å². The minimum atomic E-state index is 0.644. The number of nitrogens with zero attached hydrogens (tertiary/aromatic N) is 2. The van der Waals surface area contributed by atoms with Gasteiger partial charge in [0.25, 0.3) is 0 Å². The summed E-state index contributed by atoms with van der Waals surface area (Å²) in [6.45, 7) is 3.65. The number of aryl methyl sites for hydroxylation is 2. The number of hydrogen-bond donors (Lipinski definition) is 0. The molecule has 0 N–H and O–H groups in total. The molecule has 2 rings (SSSR count). The fourth-order valence-corrected chi connectivity index (χ4v) is 1.10. The molecule has 0 saturated carbocycles. The van der Waals surface area contributed by atoms with Crippen LogP contribution in [0, 0.1) is 13.8 Å². The van der Waals surface area contributed by atoms with Gasteiger partial charge in [0.1, 0.15) is 23.4 Å². The molecule has 0 aromatic carbocycles. The Labute approximate surface area is 69.2 Å². The van der Waals surface area contributed by atoms with Crippen molar-refractivity contribution in [3.63, 3.8) is 0 Å². The first-order valence-corrected chi connectivity index (χ1v) is 3.62. The minimum Gasteiger partial charge on any atom is -0.446 e. The average Bonchev–Trinajstić information content (AvgIpc) is 2.58. The third-order valence-corrected chi connectivity index (χ3v) is 1.58. The zero-order valence-corrected chi connectivity index (χ0v) is 6.87. The molecule has 0 amide bonds. The molecule has 0 unspecified atom stereocenters. The van der Waals surface area contributed by atoms with Crippen LogP contribution in [-0.4, -0.2) is 10.1 Å². The molecule has 0 bridgehead atoms. The third-order valence-electron chi connectivity index (χ3n) is 1.58. The van der Waals surface area contributed by atoms with Crippen LogP contribution in [-0.2, 0) is 0 Å². The smallest absolute Gasteiger partial charge is 0.191 e. The predicted octanol–water partition coefficient (Wildman–Crippen LogP) is 1.95. The van der Waals surface area contributed by atoms with E-state index >= 15 is 0 Å². The van der Waals surface area contributed by atoms with Crippen molar-refractivity contribution in [1.82, 2.24) is 10.1 Å². The lowest BCUT2D eigenvalue weighted by Gasteiger charge is -1.85. The second-order valence-corrected chi connectivity index (χ2v) is 2.52. The molecule has 0 fully saturated rings. The van der Waals surface area contributed by atoms with Crippen molar-refractivity contribution in [3.05, 3.63) is 24.0 Å². The van der Waals surface area contributed by atoms with Crippen LogP contribution >= 0.6 is 0 Å². The van der Waals surface area contributed by atoms with E-state index in [-0.39, 0.29) is 0 Å². The van der Waals surface area contributed by atoms with Crippen LogP contribution in [0.1, 0.15) is 11.7 Å². The van der Waals surface area contributed by atoms with Crippen molar-refractivity contribution in [1.29, 1.82) is 0 Å². The molecule has 0 aliphatic rings. The first-order chi connectivity index (χ1) is 5.77. The van der Waals surface area contributed by atoms with Crippen LogP contribution < -0.4 is 0 Å². The van der Waals surface area contributed by atoms with E-state index in [9.17, 15) is 0 Å². The van der Waals surface area contributed by atoms with Gasteiger partial charge in [-0.25, -0.2) is 4.98 Å². The quantitative estimate of drug-likeness (QED) is 0.646. The fraction of sp³-hybridized carbons (Fsp3) is 0.250. The predicted molar refractivity (Wildman–Crippen MR) is 41.5 cm³/mol. The summed E-state index contributed by atoms with van der Waals surface area (Å²) in [6.07, 6.45) is 1.51. The normalized spacial score (nSPS) is 10.5. The Morgan fingerprint density at radius 1 is 1.33 bits per heavy atom. The van der Waals surface area contributed by atoms with Crippen molar-refractivity contribution in [2.24, 2.45) is 0 Å². The molecule has 62 valence electrons. The van der Waals surface area contributed by atoms with Crippen molar-refractivity contribution in [2.45, 2.75) is 13.8 Å². The number of aromatic nitrogens is 2. The lowest BCUT2D eigenvalue weighted by atomic mass is 10.3. The second kappa shape index (κ2) is 2.48. The highest BCUT2D eigenvalue weighted by Gasteiger charge is 2.10. The molecule has 0 spiro atoms. The molecule has 12 heavy (non-hydrogen) atoms.